The summed E-state index contributed by atoms with van der Waals surface area (Å²) in [6.45, 7) is 4.61. The van der Waals surface area contributed by atoms with Crippen molar-refractivity contribution in [1.82, 2.24) is 19.9 Å². The first-order chi connectivity index (χ1) is 10.2. The predicted octanol–water partition coefficient (Wildman–Crippen LogP) is 1.57. The topological polar surface area (TPSA) is 72.4 Å². The number of likely N-dealkylation sites (N-methyl/N-ethyl adjacent to an activating group) is 1. The van der Waals surface area contributed by atoms with Gasteiger partial charge in [0.15, 0.2) is 0 Å². The van der Waals surface area contributed by atoms with E-state index < -0.39 is 0 Å². The molecule has 2 heterocycles. The van der Waals surface area contributed by atoms with Gasteiger partial charge in [-0.1, -0.05) is 13.3 Å². The first-order valence-corrected chi connectivity index (χ1v) is 7.60. The quantitative estimate of drug-likeness (QED) is 0.818. The van der Waals surface area contributed by atoms with Crippen molar-refractivity contribution in [3.63, 3.8) is 0 Å². The minimum absolute atomic E-state index is 0.274. The van der Waals surface area contributed by atoms with Crippen LogP contribution in [0.4, 0.5) is 5.95 Å². The molecule has 0 aromatic carbocycles. The Morgan fingerprint density at radius 3 is 2.76 bits per heavy atom. The lowest BCUT2D eigenvalue weighted by atomic mass is 10.0. The number of nitrogens with zero attached hydrogens (tertiary/aromatic N) is 4. The first kappa shape index (κ1) is 15.8. The fourth-order valence-electron chi connectivity index (χ4n) is 2.34. The molecule has 1 N–H and O–H groups in total. The van der Waals surface area contributed by atoms with E-state index in [1.54, 1.807) is 0 Å². The molecule has 1 aliphatic rings. The molecule has 0 radical (unpaired) electrons. The summed E-state index contributed by atoms with van der Waals surface area (Å²) in [7, 11) is 3.67. The Morgan fingerprint density at radius 2 is 2.05 bits per heavy atom. The maximum absolute atomic E-state index is 5.76. The summed E-state index contributed by atoms with van der Waals surface area (Å²) in [5.41, 5.74) is 0. The summed E-state index contributed by atoms with van der Waals surface area (Å²) in [5, 5.41) is 3.12. The molecule has 21 heavy (non-hydrogen) atoms. The molecule has 118 valence electrons. The lowest BCUT2D eigenvalue weighted by molar-refractivity contribution is 0.119. The molecule has 2 rings (SSSR count). The third-order valence-corrected chi connectivity index (χ3v) is 3.64. The summed E-state index contributed by atoms with van der Waals surface area (Å²) < 4.78 is 10.9. The van der Waals surface area contributed by atoms with Gasteiger partial charge in [0, 0.05) is 12.6 Å². The molecule has 1 aliphatic heterocycles. The normalized spacial score (nSPS) is 19.3. The summed E-state index contributed by atoms with van der Waals surface area (Å²) >= 11 is 0. The van der Waals surface area contributed by atoms with Gasteiger partial charge in [0.2, 0.25) is 5.95 Å². The van der Waals surface area contributed by atoms with E-state index in [2.05, 4.69) is 39.1 Å². The number of methoxy groups -OCH3 is 1. The van der Waals surface area contributed by atoms with Gasteiger partial charge in [-0.25, -0.2) is 0 Å². The molecule has 1 aromatic rings. The second-order valence-electron chi connectivity index (χ2n) is 5.30. The number of likely N-dealkylation sites (tertiary alicyclic amines) is 1. The van der Waals surface area contributed by atoms with Crippen LogP contribution in [0.3, 0.4) is 0 Å². The molecule has 1 aromatic heterocycles. The number of rotatable bonds is 7. The number of piperidine rings is 1. The molecule has 0 spiro atoms. The van der Waals surface area contributed by atoms with Gasteiger partial charge in [-0.05, 0) is 32.9 Å². The lowest BCUT2D eigenvalue weighted by Crippen LogP contribution is -2.40. The van der Waals surface area contributed by atoms with Gasteiger partial charge >= 0.3 is 12.0 Å². The van der Waals surface area contributed by atoms with E-state index in [1.807, 2.05) is 0 Å². The Hall–Kier alpha value is -1.63. The van der Waals surface area contributed by atoms with Gasteiger partial charge in [0.1, 0.15) is 6.61 Å². The largest absolute Gasteiger partial charge is 0.467 e. The Bertz CT molecular complexity index is 443. The third kappa shape index (κ3) is 4.70. The number of aromatic nitrogens is 3. The van der Waals surface area contributed by atoms with Gasteiger partial charge < -0.3 is 19.7 Å². The smallest absolute Gasteiger partial charge is 0.324 e. The molecule has 0 aliphatic carbocycles. The molecule has 1 fully saturated rings. The molecule has 0 bridgehead atoms. The summed E-state index contributed by atoms with van der Waals surface area (Å²) in [6, 6.07) is 1.02. The highest BCUT2D eigenvalue weighted by Gasteiger charge is 2.20. The molecule has 0 saturated carbocycles. The highest BCUT2D eigenvalue weighted by molar-refractivity contribution is 5.27. The minimum atomic E-state index is 0.274. The predicted molar refractivity (Wildman–Crippen MR) is 80.9 cm³/mol. The Labute approximate surface area is 126 Å². The fourth-order valence-corrected chi connectivity index (χ4v) is 2.34. The van der Waals surface area contributed by atoms with E-state index in [-0.39, 0.29) is 6.01 Å². The molecule has 0 amide bonds. The summed E-state index contributed by atoms with van der Waals surface area (Å²) in [5.74, 6) is 0.496. The standard InChI is InChI=1S/C14H25N5O2/c1-4-8-15-12-16-13(20-3)18-14(17-12)21-10-11-7-5-6-9-19(11)2/h11H,4-10H2,1-3H3,(H,15,16,17,18). The first-order valence-electron chi connectivity index (χ1n) is 7.60. The molecular formula is C14H25N5O2. The van der Waals surface area contributed by atoms with Crippen LogP contribution in [0.15, 0.2) is 0 Å². The van der Waals surface area contributed by atoms with E-state index in [9.17, 15) is 0 Å². The zero-order valence-corrected chi connectivity index (χ0v) is 13.1. The van der Waals surface area contributed by atoms with Gasteiger partial charge in [0.25, 0.3) is 0 Å². The Balaban J connectivity index is 1.97. The van der Waals surface area contributed by atoms with Crippen LogP contribution in [0.1, 0.15) is 32.6 Å². The number of hydrogen-bond acceptors (Lipinski definition) is 7. The van der Waals surface area contributed by atoms with Crippen LogP contribution in [0.25, 0.3) is 0 Å². The molecule has 7 nitrogen and oxygen atoms in total. The van der Waals surface area contributed by atoms with E-state index in [4.69, 9.17) is 9.47 Å². The second-order valence-corrected chi connectivity index (χ2v) is 5.30. The third-order valence-electron chi connectivity index (χ3n) is 3.64. The summed E-state index contributed by atoms with van der Waals surface area (Å²) in [6.07, 6.45) is 4.66. The maximum Gasteiger partial charge on any atom is 0.324 e. The van der Waals surface area contributed by atoms with Crippen molar-refractivity contribution in [2.24, 2.45) is 0 Å². The van der Waals surface area contributed by atoms with Crippen molar-refractivity contribution in [2.75, 3.05) is 39.2 Å². The van der Waals surface area contributed by atoms with Crippen LogP contribution in [0, 0.1) is 0 Å². The van der Waals surface area contributed by atoms with Crippen molar-refractivity contribution in [3.8, 4) is 12.0 Å². The molecule has 1 saturated heterocycles. The maximum atomic E-state index is 5.76. The zero-order valence-electron chi connectivity index (χ0n) is 13.1. The highest BCUT2D eigenvalue weighted by Crippen LogP contribution is 2.17. The van der Waals surface area contributed by atoms with Crippen LogP contribution in [-0.2, 0) is 0 Å². The summed E-state index contributed by atoms with van der Waals surface area (Å²) in [4.78, 5) is 14.9. The van der Waals surface area contributed by atoms with Crippen molar-refractivity contribution >= 4 is 5.95 Å². The van der Waals surface area contributed by atoms with Crippen LogP contribution in [-0.4, -0.2) is 59.7 Å². The minimum Gasteiger partial charge on any atom is -0.467 e. The monoisotopic (exact) mass is 295 g/mol. The highest BCUT2D eigenvalue weighted by atomic mass is 16.5. The lowest BCUT2D eigenvalue weighted by Gasteiger charge is -2.31. The average molecular weight is 295 g/mol. The SMILES string of the molecule is CCCNc1nc(OC)nc(OCC2CCCCN2C)n1. The van der Waals surface area contributed by atoms with Gasteiger partial charge in [-0.15, -0.1) is 4.98 Å². The van der Waals surface area contributed by atoms with Gasteiger partial charge in [0.05, 0.1) is 7.11 Å². The molecule has 1 unspecified atom stereocenters. The number of ether oxygens (including phenoxy) is 2. The Morgan fingerprint density at radius 1 is 1.24 bits per heavy atom. The van der Waals surface area contributed by atoms with Gasteiger partial charge in [-0.2, -0.15) is 9.97 Å². The van der Waals surface area contributed by atoms with Crippen LogP contribution in [0.5, 0.6) is 12.0 Å². The number of nitrogens with one attached hydrogen (secondary N) is 1. The van der Waals surface area contributed by atoms with Crippen LogP contribution >= 0.6 is 0 Å². The Kier molecular flexibility index (Phi) is 5.98. The van der Waals surface area contributed by atoms with Crippen molar-refractivity contribution in [2.45, 2.75) is 38.6 Å². The van der Waals surface area contributed by atoms with E-state index in [1.165, 1.54) is 20.0 Å². The van der Waals surface area contributed by atoms with Crippen LogP contribution in [0.2, 0.25) is 0 Å². The van der Waals surface area contributed by atoms with Crippen LogP contribution < -0.4 is 14.8 Å². The van der Waals surface area contributed by atoms with Crippen molar-refractivity contribution in [1.29, 1.82) is 0 Å². The van der Waals surface area contributed by atoms with E-state index in [0.29, 0.717) is 24.6 Å². The van der Waals surface area contributed by atoms with Crippen molar-refractivity contribution in [3.05, 3.63) is 0 Å². The molecule has 1 atom stereocenters. The van der Waals surface area contributed by atoms with Crippen molar-refractivity contribution < 1.29 is 9.47 Å². The van der Waals surface area contributed by atoms with E-state index in [0.717, 1.165) is 25.9 Å². The number of hydrogen-bond donors (Lipinski definition) is 1. The zero-order chi connectivity index (χ0) is 15.1. The fraction of sp³-hybridized carbons (Fsp3) is 0.786. The van der Waals surface area contributed by atoms with Gasteiger partial charge in [-0.3, -0.25) is 0 Å². The van der Waals surface area contributed by atoms with E-state index >= 15 is 0 Å². The molecule has 7 heteroatoms. The second kappa shape index (κ2) is 7.97. The number of anilines is 1. The average Bonchev–Trinajstić information content (AvgIpc) is 2.52. The molecular weight excluding hydrogens is 270 g/mol.